The first-order valence-electron chi connectivity index (χ1n) is 6.27. The molecule has 3 heteroatoms. The molecule has 5 fully saturated rings. The van der Waals surface area contributed by atoms with Gasteiger partial charge in [0, 0.05) is 11.5 Å². The Hall–Kier alpha value is -0.570. The second kappa shape index (κ2) is 2.63. The third kappa shape index (κ3) is 0.784. The first-order chi connectivity index (χ1) is 7.35. The maximum atomic E-state index is 10.6. The zero-order chi connectivity index (χ0) is 11.9. The lowest BCUT2D eigenvalue weighted by molar-refractivity contribution is -0.232. The Kier molecular flexibility index (Phi) is 1.74. The Labute approximate surface area is 96.6 Å². The molecule has 0 aromatic heterocycles. The molecule has 5 aliphatic rings. The van der Waals surface area contributed by atoms with Gasteiger partial charge in [0.15, 0.2) is 0 Å². The summed E-state index contributed by atoms with van der Waals surface area (Å²) in [6.07, 6.45) is 0.836. The van der Waals surface area contributed by atoms with Crippen LogP contribution in [0.3, 0.4) is 0 Å². The highest BCUT2D eigenvalue weighted by molar-refractivity contribution is 5.49. The van der Waals surface area contributed by atoms with Gasteiger partial charge in [-0.1, -0.05) is 13.8 Å². The van der Waals surface area contributed by atoms with E-state index in [0.29, 0.717) is 35.6 Å². The lowest BCUT2D eigenvalue weighted by Gasteiger charge is -2.67. The van der Waals surface area contributed by atoms with Crippen molar-refractivity contribution in [1.82, 2.24) is 5.32 Å². The van der Waals surface area contributed by atoms with E-state index in [2.05, 4.69) is 19.2 Å². The Morgan fingerprint density at radius 2 is 1.94 bits per heavy atom. The highest BCUT2D eigenvalue weighted by Gasteiger charge is 2.83. The number of carbonyl (C=O) groups is 1. The fraction of sp³-hybridized carbons (Fsp3) is 0.923. The number of aliphatic hydroxyl groups is 1. The van der Waals surface area contributed by atoms with Crippen LogP contribution in [0.2, 0.25) is 0 Å². The quantitative estimate of drug-likeness (QED) is 0.702. The molecule has 16 heavy (non-hydrogen) atoms. The summed E-state index contributed by atoms with van der Waals surface area (Å²) < 4.78 is 0. The minimum atomic E-state index is -0.603. The molecule has 0 aromatic rings. The molecule has 0 radical (unpaired) electrons. The van der Waals surface area contributed by atoms with Crippen molar-refractivity contribution < 1.29 is 9.90 Å². The molecule has 5 rings (SSSR count). The maximum Gasteiger partial charge on any atom is 0.207 e. The van der Waals surface area contributed by atoms with Gasteiger partial charge in [0.05, 0.1) is 5.60 Å². The second-order valence-electron chi connectivity index (χ2n) is 6.72. The van der Waals surface area contributed by atoms with E-state index in [0.717, 1.165) is 6.41 Å². The van der Waals surface area contributed by atoms with Gasteiger partial charge in [0.2, 0.25) is 6.41 Å². The van der Waals surface area contributed by atoms with E-state index < -0.39 is 5.60 Å². The SMILES string of the molecule is CC1C2C(NC=O)C3C1C(C)(C(C)(C)O)C23. The minimum Gasteiger partial charge on any atom is -0.390 e. The van der Waals surface area contributed by atoms with Gasteiger partial charge in [-0.3, -0.25) is 4.79 Å². The zero-order valence-electron chi connectivity index (χ0n) is 10.4. The van der Waals surface area contributed by atoms with Crippen molar-refractivity contribution in [1.29, 1.82) is 0 Å². The van der Waals surface area contributed by atoms with Crippen LogP contribution in [0.1, 0.15) is 27.7 Å². The summed E-state index contributed by atoms with van der Waals surface area (Å²) in [5.41, 5.74) is -0.545. The number of hydrogen-bond acceptors (Lipinski definition) is 2. The van der Waals surface area contributed by atoms with Crippen molar-refractivity contribution in [3.63, 3.8) is 0 Å². The number of carbonyl (C=O) groups excluding carboxylic acids is 1. The van der Waals surface area contributed by atoms with Crippen LogP contribution >= 0.6 is 0 Å². The van der Waals surface area contributed by atoms with Crippen LogP contribution in [0.5, 0.6) is 0 Å². The molecule has 5 aliphatic carbocycles. The van der Waals surface area contributed by atoms with Crippen LogP contribution in [-0.2, 0) is 4.79 Å². The normalized spacial score (nSPS) is 57.6. The topological polar surface area (TPSA) is 49.3 Å². The van der Waals surface area contributed by atoms with Gasteiger partial charge in [0.1, 0.15) is 0 Å². The van der Waals surface area contributed by atoms with Gasteiger partial charge < -0.3 is 10.4 Å². The molecule has 0 spiro atoms. The first-order valence-corrected chi connectivity index (χ1v) is 6.27. The largest absolute Gasteiger partial charge is 0.390 e. The molecular formula is C13H21NO2. The third-order valence-corrected chi connectivity index (χ3v) is 6.21. The van der Waals surface area contributed by atoms with E-state index in [9.17, 15) is 9.90 Å². The summed E-state index contributed by atoms with van der Waals surface area (Å²) in [6.45, 7) is 8.38. The van der Waals surface area contributed by atoms with E-state index in [-0.39, 0.29) is 5.41 Å². The molecule has 3 nitrogen and oxygen atoms in total. The smallest absolute Gasteiger partial charge is 0.207 e. The van der Waals surface area contributed by atoms with E-state index in [1.54, 1.807) is 0 Å². The number of hydrogen-bond donors (Lipinski definition) is 2. The molecule has 7 unspecified atom stereocenters. The Morgan fingerprint density at radius 1 is 1.31 bits per heavy atom. The molecule has 0 aromatic carbocycles. The fourth-order valence-corrected chi connectivity index (χ4v) is 5.47. The van der Waals surface area contributed by atoms with Gasteiger partial charge in [0.25, 0.3) is 0 Å². The van der Waals surface area contributed by atoms with Crippen LogP contribution in [0.15, 0.2) is 0 Å². The van der Waals surface area contributed by atoms with Crippen molar-refractivity contribution in [2.24, 2.45) is 35.0 Å². The number of rotatable bonds is 3. The van der Waals surface area contributed by atoms with Crippen LogP contribution in [0.25, 0.3) is 0 Å². The summed E-state index contributed by atoms with van der Waals surface area (Å²) in [6, 6.07) is 0.387. The van der Waals surface area contributed by atoms with Gasteiger partial charge >= 0.3 is 0 Å². The van der Waals surface area contributed by atoms with Crippen molar-refractivity contribution >= 4 is 6.41 Å². The lowest BCUT2D eigenvalue weighted by Crippen LogP contribution is -2.72. The van der Waals surface area contributed by atoms with E-state index in [4.69, 9.17) is 0 Å². The van der Waals surface area contributed by atoms with Gasteiger partial charge in [-0.15, -0.1) is 0 Å². The molecule has 0 heterocycles. The van der Waals surface area contributed by atoms with Gasteiger partial charge in [-0.2, -0.15) is 0 Å². The minimum absolute atomic E-state index is 0.0583. The van der Waals surface area contributed by atoms with Gasteiger partial charge in [-0.25, -0.2) is 0 Å². The predicted molar refractivity (Wildman–Crippen MR) is 60.5 cm³/mol. The van der Waals surface area contributed by atoms with Crippen LogP contribution < -0.4 is 5.32 Å². The average molecular weight is 223 g/mol. The first kappa shape index (κ1) is 10.6. The number of nitrogens with one attached hydrogen (secondary N) is 1. The highest BCUT2D eigenvalue weighted by atomic mass is 16.3. The number of amides is 1. The van der Waals surface area contributed by atoms with Crippen LogP contribution in [0.4, 0.5) is 0 Å². The fourth-order valence-electron chi connectivity index (χ4n) is 5.47. The van der Waals surface area contributed by atoms with E-state index in [1.165, 1.54) is 0 Å². The molecule has 4 bridgehead atoms. The second-order valence-corrected chi connectivity index (χ2v) is 6.72. The summed E-state index contributed by atoms with van der Waals surface area (Å²) in [7, 11) is 0. The maximum absolute atomic E-state index is 10.6. The lowest BCUT2D eigenvalue weighted by atomic mass is 9.39. The summed E-state index contributed by atoms with van der Waals surface area (Å²) in [4.78, 5) is 10.6. The monoisotopic (exact) mass is 223 g/mol. The average Bonchev–Trinajstić information content (AvgIpc) is 2.66. The molecule has 2 N–H and O–H groups in total. The van der Waals surface area contributed by atoms with Crippen LogP contribution in [0, 0.1) is 35.0 Å². The molecule has 7 atom stereocenters. The summed E-state index contributed by atoms with van der Waals surface area (Å²) in [5.74, 6) is 3.06. The van der Waals surface area contributed by atoms with Crippen molar-refractivity contribution in [3.05, 3.63) is 0 Å². The molecule has 0 saturated heterocycles. The molecule has 1 amide bonds. The van der Waals surface area contributed by atoms with Crippen LogP contribution in [-0.4, -0.2) is 23.2 Å². The predicted octanol–water partition coefficient (Wildman–Crippen LogP) is 1.02. The van der Waals surface area contributed by atoms with Crippen molar-refractivity contribution in [2.45, 2.75) is 39.3 Å². The highest BCUT2D eigenvalue weighted by Crippen LogP contribution is 2.82. The Morgan fingerprint density at radius 3 is 2.31 bits per heavy atom. The van der Waals surface area contributed by atoms with Crippen molar-refractivity contribution in [3.8, 4) is 0 Å². The standard InChI is InChI=1S/C13H21NO2/c1-6-7-10-8(11(7)14-5-15)9(6)13(10,4)12(2,3)16/h5-11,16H,1-4H3,(H,14,15). The summed E-state index contributed by atoms with van der Waals surface area (Å²) >= 11 is 0. The molecule has 90 valence electrons. The summed E-state index contributed by atoms with van der Waals surface area (Å²) in [5, 5.41) is 13.3. The Bertz CT molecular complexity index is 348. The molecule has 5 saturated carbocycles. The van der Waals surface area contributed by atoms with Gasteiger partial charge in [-0.05, 0) is 43.4 Å². The molecule has 0 aliphatic heterocycles. The van der Waals surface area contributed by atoms with E-state index >= 15 is 0 Å². The Balaban J connectivity index is 1.89. The third-order valence-electron chi connectivity index (χ3n) is 6.21. The van der Waals surface area contributed by atoms with E-state index in [1.807, 2.05) is 13.8 Å². The van der Waals surface area contributed by atoms with Crippen molar-refractivity contribution in [2.75, 3.05) is 0 Å². The zero-order valence-corrected chi connectivity index (χ0v) is 10.4. The molecular weight excluding hydrogens is 202 g/mol.